The van der Waals surface area contributed by atoms with Crippen molar-refractivity contribution in [1.82, 2.24) is 9.55 Å². The Kier molecular flexibility index (Phi) is 1.43. The van der Waals surface area contributed by atoms with E-state index in [9.17, 15) is 4.79 Å². The van der Waals surface area contributed by atoms with Gasteiger partial charge < -0.3 is 9.88 Å². The largest absolute Gasteiger partial charge is 0.336 e. The Labute approximate surface area is 70.6 Å². The molecule has 4 heteroatoms. The van der Waals surface area contributed by atoms with Gasteiger partial charge in [-0.2, -0.15) is 0 Å². The summed E-state index contributed by atoms with van der Waals surface area (Å²) in [5.41, 5.74) is 1.11. The Morgan fingerprint density at radius 1 is 1.75 bits per heavy atom. The molecule has 1 amide bonds. The van der Waals surface area contributed by atoms with Gasteiger partial charge in [0.25, 0.3) is 0 Å². The highest BCUT2D eigenvalue weighted by Gasteiger charge is 2.24. The molecule has 64 valence electrons. The van der Waals surface area contributed by atoms with Crippen LogP contribution >= 0.6 is 0 Å². The van der Waals surface area contributed by atoms with E-state index in [2.05, 4.69) is 10.3 Å². The number of anilines is 1. The molecule has 1 unspecified atom stereocenters. The molecule has 0 spiro atoms. The van der Waals surface area contributed by atoms with Crippen LogP contribution in [0.3, 0.4) is 0 Å². The summed E-state index contributed by atoms with van der Waals surface area (Å²) in [4.78, 5) is 15.3. The standard InChI is InChI=1S/C8H11N3O/c1-5-3-6-7(10-8(5)12)9-4-11(6)2/h4-5H,3H2,1-2H3,(H,10,12). The van der Waals surface area contributed by atoms with E-state index in [1.807, 2.05) is 18.5 Å². The van der Waals surface area contributed by atoms with Gasteiger partial charge in [-0.15, -0.1) is 0 Å². The van der Waals surface area contributed by atoms with Gasteiger partial charge >= 0.3 is 0 Å². The SMILES string of the molecule is CC1Cc2c(ncn2C)NC1=O. The fraction of sp³-hybridized carbons (Fsp3) is 0.500. The van der Waals surface area contributed by atoms with E-state index < -0.39 is 0 Å². The highest BCUT2D eigenvalue weighted by molar-refractivity contribution is 5.94. The van der Waals surface area contributed by atoms with Crippen molar-refractivity contribution in [2.75, 3.05) is 5.32 Å². The second kappa shape index (κ2) is 2.33. The van der Waals surface area contributed by atoms with Crippen molar-refractivity contribution in [2.24, 2.45) is 13.0 Å². The summed E-state index contributed by atoms with van der Waals surface area (Å²) in [5.74, 6) is 0.856. The second-order valence-corrected chi connectivity index (χ2v) is 3.25. The molecule has 4 nitrogen and oxygen atoms in total. The third-order valence-corrected chi connectivity index (χ3v) is 2.25. The summed E-state index contributed by atoms with van der Waals surface area (Å²) in [5, 5.41) is 2.76. The van der Waals surface area contributed by atoms with E-state index in [-0.39, 0.29) is 11.8 Å². The van der Waals surface area contributed by atoms with Crippen LogP contribution in [-0.2, 0) is 18.3 Å². The number of imidazole rings is 1. The molecule has 2 rings (SSSR count). The average molecular weight is 165 g/mol. The number of carbonyl (C=O) groups excluding carboxylic acids is 1. The van der Waals surface area contributed by atoms with Crippen molar-refractivity contribution in [1.29, 1.82) is 0 Å². The first-order chi connectivity index (χ1) is 5.68. The number of nitrogens with zero attached hydrogens (tertiary/aromatic N) is 2. The van der Waals surface area contributed by atoms with E-state index in [1.165, 1.54) is 0 Å². The summed E-state index contributed by atoms with van der Waals surface area (Å²) >= 11 is 0. The number of amides is 1. The lowest BCUT2D eigenvalue weighted by Crippen LogP contribution is -2.28. The number of nitrogens with one attached hydrogen (secondary N) is 1. The van der Waals surface area contributed by atoms with Crippen molar-refractivity contribution in [3.63, 3.8) is 0 Å². The van der Waals surface area contributed by atoms with Crippen LogP contribution in [0, 0.1) is 5.92 Å². The molecule has 1 N–H and O–H groups in total. The van der Waals surface area contributed by atoms with Crippen molar-refractivity contribution in [3.8, 4) is 0 Å². The second-order valence-electron chi connectivity index (χ2n) is 3.25. The number of hydrogen-bond acceptors (Lipinski definition) is 2. The zero-order valence-electron chi connectivity index (χ0n) is 7.16. The lowest BCUT2D eigenvalue weighted by Gasteiger charge is -2.18. The third kappa shape index (κ3) is 0.913. The van der Waals surface area contributed by atoms with Gasteiger partial charge in [0.05, 0.1) is 12.0 Å². The predicted octanol–water partition coefficient (Wildman–Crippen LogP) is 0.551. The smallest absolute Gasteiger partial charge is 0.228 e. The lowest BCUT2D eigenvalue weighted by molar-refractivity contribution is -0.119. The quantitative estimate of drug-likeness (QED) is 0.610. The lowest BCUT2D eigenvalue weighted by atomic mass is 10.0. The van der Waals surface area contributed by atoms with E-state index in [0.29, 0.717) is 0 Å². The van der Waals surface area contributed by atoms with Gasteiger partial charge in [0, 0.05) is 19.4 Å². The van der Waals surface area contributed by atoms with Crippen LogP contribution in [0.4, 0.5) is 5.82 Å². The molecule has 2 heterocycles. The van der Waals surface area contributed by atoms with Gasteiger partial charge in [-0.05, 0) is 0 Å². The molecule has 0 radical (unpaired) electrons. The van der Waals surface area contributed by atoms with Crippen LogP contribution in [0.25, 0.3) is 0 Å². The van der Waals surface area contributed by atoms with Crippen LogP contribution < -0.4 is 5.32 Å². The fourth-order valence-corrected chi connectivity index (χ4v) is 1.42. The Bertz CT molecular complexity index is 329. The van der Waals surface area contributed by atoms with Gasteiger partial charge in [-0.25, -0.2) is 4.98 Å². The molecule has 1 aliphatic rings. The Hall–Kier alpha value is -1.32. The molecule has 1 atom stereocenters. The number of aryl methyl sites for hydroxylation is 1. The molecule has 0 aliphatic carbocycles. The van der Waals surface area contributed by atoms with Crippen LogP contribution in [0.2, 0.25) is 0 Å². The van der Waals surface area contributed by atoms with Crippen molar-refractivity contribution in [3.05, 3.63) is 12.0 Å². The fourth-order valence-electron chi connectivity index (χ4n) is 1.42. The molecule has 1 aromatic rings. The summed E-state index contributed by atoms with van der Waals surface area (Å²) in [7, 11) is 1.94. The zero-order chi connectivity index (χ0) is 8.72. The molecule has 0 fully saturated rings. The number of fused-ring (bicyclic) bond motifs is 1. The maximum Gasteiger partial charge on any atom is 0.228 e. The highest BCUT2D eigenvalue weighted by atomic mass is 16.2. The molecule has 0 saturated carbocycles. The van der Waals surface area contributed by atoms with E-state index in [1.54, 1.807) is 6.33 Å². The van der Waals surface area contributed by atoms with Crippen LogP contribution in [-0.4, -0.2) is 15.5 Å². The van der Waals surface area contributed by atoms with Gasteiger partial charge in [0.1, 0.15) is 0 Å². The normalized spacial score (nSPS) is 21.8. The number of hydrogen-bond donors (Lipinski definition) is 1. The van der Waals surface area contributed by atoms with Gasteiger partial charge in [0.2, 0.25) is 5.91 Å². The predicted molar refractivity (Wildman–Crippen MR) is 44.7 cm³/mol. The summed E-state index contributed by atoms with van der Waals surface area (Å²) in [6, 6.07) is 0. The molecule has 1 aliphatic heterocycles. The third-order valence-electron chi connectivity index (χ3n) is 2.25. The maximum atomic E-state index is 11.2. The Morgan fingerprint density at radius 3 is 3.25 bits per heavy atom. The summed E-state index contributed by atoms with van der Waals surface area (Å²) < 4.78 is 1.95. The highest BCUT2D eigenvalue weighted by Crippen LogP contribution is 2.22. The van der Waals surface area contributed by atoms with Gasteiger partial charge in [-0.1, -0.05) is 6.92 Å². The minimum atomic E-state index is 0.0629. The topological polar surface area (TPSA) is 46.9 Å². The van der Waals surface area contributed by atoms with E-state index >= 15 is 0 Å². The first-order valence-corrected chi connectivity index (χ1v) is 3.99. The Balaban J connectivity index is 2.43. The van der Waals surface area contributed by atoms with E-state index in [4.69, 9.17) is 0 Å². The van der Waals surface area contributed by atoms with E-state index in [0.717, 1.165) is 17.9 Å². The van der Waals surface area contributed by atoms with Crippen LogP contribution in [0.5, 0.6) is 0 Å². The van der Waals surface area contributed by atoms with Crippen LogP contribution in [0.1, 0.15) is 12.6 Å². The Morgan fingerprint density at radius 2 is 2.50 bits per heavy atom. The molecule has 12 heavy (non-hydrogen) atoms. The number of rotatable bonds is 0. The number of carbonyl (C=O) groups is 1. The van der Waals surface area contributed by atoms with Crippen molar-refractivity contribution in [2.45, 2.75) is 13.3 Å². The summed E-state index contributed by atoms with van der Waals surface area (Å²) in [6.45, 7) is 1.92. The van der Waals surface area contributed by atoms with Gasteiger partial charge in [0.15, 0.2) is 5.82 Å². The molecular weight excluding hydrogens is 154 g/mol. The molecule has 1 aromatic heterocycles. The first kappa shape index (κ1) is 7.34. The monoisotopic (exact) mass is 165 g/mol. The molecule has 0 bridgehead atoms. The molecular formula is C8H11N3O. The molecule has 0 saturated heterocycles. The van der Waals surface area contributed by atoms with Gasteiger partial charge in [-0.3, -0.25) is 4.79 Å². The average Bonchev–Trinajstić information content (AvgIpc) is 2.35. The van der Waals surface area contributed by atoms with Crippen molar-refractivity contribution >= 4 is 11.7 Å². The van der Waals surface area contributed by atoms with Crippen molar-refractivity contribution < 1.29 is 4.79 Å². The zero-order valence-corrected chi connectivity index (χ0v) is 7.16. The minimum absolute atomic E-state index is 0.0629. The molecule has 0 aromatic carbocycles. The number of aromatic nitrogens is 2. The summed E-state index contributed by atoms with van der Waals surface area (Å²) in [6.07, 6.45) is 2.51. The minimum Gasteiger partial charge on any atom is -0.336 e. The first-order valence-electron chi connectivity index (χ1n) is 3.99. The van der Waals surface area contributed by atoms with Crippen LogP contribution in [0.15, 0.2) is 6.33 Å². The maximum absolute atomic E-state index is 11.2.